The van der Waals surface area contributed by atoms with Gasteiger partial charge in [0.25, 0.3) is 0 Å². The van der Waals surface area contributed by atoms with Gasteiger partial charge >= 0.3 is 0 Å². The van der Waals surface area contributed by atoms with Gasteiger partial charge in [-0.2, -0.15) is 0 Å². The molecule has 170 valence electrons. The van der Waals surface area contributed by atoms with Gasteiger partial charge in [0.15, 0.2) is 17.2 Å². The van der Waals surface area contributed by atoms with E-state index >= 15 is 0 Å². The highest BCUT2D eigenvalue weighted by molar-refractivity contribution is 5.39. The summed E-state index contributed by atoms with van der Waals surface area (Å²) in [5, 5.41) is 12.7. The highest BCUT2D eigenvalue weighted by Crippen LogP contribution is 2.16. The van der Waals surface area contributed by atoms with Crippen LogP contribution in [0.4, 0.5) is 5.69 Å². The second-order valence-electron chi connectivity index (χ2n) is 7.47. The molecule has 2 rings (SSSR count). The van der Waals surface area contributed by atoms with E-state index in [1.807, 2.05) is 19.0 Å². The van der Waals surface area contributed by atoms with Gasteiger partial charge in [-0.1, -0.05) is 6.92 Å². The Morgan fingerprint density at radius 3 is 2.26 bits per heavy atom. The smallest absolute Gasteiger partial charge is 0.226 e. The molecule has 0 unspecified atom stereocenters. The van der Waals surface area contributed by atoms with E-state index < -0.39 is 10.9 Å². The largest absolute Gasteiger partial charge is 0.502 e. The molecule has 10 nitrogen and oxygen atoms in total. The molecule has 31 heavy (non-hydrogen) atoms. The Morgan fingerprint density at radius 2 is 1.58 bits per heavy atom. The molecule has 0 aliphatic carbocycles. The minimum atomic E-state index is -0.468. The fourth-order valence-corrected chi connectivity index (χ4v) is 3.05. The van der Waals surface area contributed by atoms with Crippen molar-refractivity contribution in [2.24, 2.45) is 5.18 Å². The second-order valence-corrected chi connectivity index (χ2v) is 7.47. The summed E-state index contributed by atoms with van der Waals surface area (Å²) in [5.74, 6) is 0.113. The maximum Gasteiger partial charge on any atom is 0.226 e. The van der Waals surface area contributed by atoms with Crippen LogP contribution in [-0.2, 0) is 13.1 Å². The van der Waals surface area contributed by atoms with Crippen molar-refractivity contribution in [3.8, 4) is 5.75 Å². The zero-order chi connectivity index (χ0) is 22.8. The van der Waals surface area contributed by atoms with E-state index in [2.05, 4.69) is 21.9 Å². The van der Waals surface area contributed by atoms with Crippen LogP contribution in [0.15, 0.2) is 48.3 Å². The van der Waals surface area contributed by atoms with Crippen LogP contribution in [0.5, 0.6) is 5.75 Å². The summed E-state index contributed by atoms with van der Waals surface area (Å²) in [6.45, 7) is 6.47. The van der Waals surface area contributed by atoms with Gasteiger partial charge in [-0.05, 0) is 45.3 Å². The first-order chi connectivity index (χ1) is 14.8. The number of hydrogen-bond donors (Lipinski definition) is 1. The Morgan fingerprint density at radius 1 is 0.903 bits per heavy atom. The van der Waals surface area contributed by atoms with E-state index in [-0.39, 0.29) is 23.0 Å². The van der Waals surface area contributed by atoms with Crippen molar-refractivity contribution in [3.63, 3.8) is 0 Å². The minimum Gasteiger partial charge on any atom is -0.502 e. The van der Waals surface area contributed by atoms with Crippen LogP contribution in [-0.4, -0.2) is 66.6 Å². The fourth-order valence-electron chi connectivity index (χ4n) is 3.05. The molecule has 0 spiro atoms. The van der Waals surface area contributed by atoms with Crippen LogP contribution in [0.2, 0.25) is 0 Å². The average Bonchev–Trinajstić information content (AvgIpc) is 2.75. The second kappa shape index (κ2) is 12.1. The van der Waals surface area contributed by atoms with Crippen molar-refractivity contribution in [1.82, 2.24) is 14.7 Å². The molecule has 0 saturated heterocycles. The van der Waals surface area contributed by atoms with Crippen LogP contribution in [0.1, 0.15) is 24.9 Å². The lowest BCUT2D eigenvalue weighted by molar-refractivity contribution is 0.192. The van der Waals surface area contributed by atoms with Crippen molar-refractivity contribution in [3.05, 3.63) is 61.5 Å². The summed E-state index contributed by atoms with van der Waals surface area (Å²) in [6, 6.07) is 2.36. The predicted molar refractivity (Wildman–Crippen MR) is 116 cm³/mol. The number of likely N-dealkylation sites (N-methyl/N-ethyl adjacent to an activating group) is 1. The lowest BCUT2D eigenvalue weighted by Gasteiger charge is -2.25. The van der Waals surface area contributed by atoms with Crippen molar-refractivity contribution < 1.29 is 13.9 Å². The maximum absolute atomic E-state index is 11.9. The van der Waals surface area contributed by atoms with E-state index in [0.29, 0.717) is 26.2 Å². The van der Waals surface area contributed by atoms with Crippen molar-refractivity contribution >= 4 is 5.69 Å². The third-order valence-corrected chi connectivity index (χ3v) is 5.08. The van der Waals surface area contributed by atoms with Crippen molar-refractivity contribution in [1.29, 1.82) is 0 Å². The van der Waals surface area contributed by atoms with Crippen LogP contribution in [0, 0.1) is 4.91 Å². The maximum atomic E-state index is 11.9. The molecule has 0 fully saturated rings. The molecular weight excluding hydrogens is 404 g/mol. The number of hydrogen-bond acceptors (Lipinski definition) is 10. The Balaban J connectivity index is 1.98. The molecule has 2 heterocycles. The summed E-state index contributed by atoms with van der Waals surface area (Å²) in [5.41, 5.74) is -1.11. The molecule has 0 amide bonds. The Hall–Kier alpha value is -2.82. The fraction of sp³-hybridized carbons (Fsp3) is 0.524. The molecule has 2 aromatic heterocycles. The topological polar surface area (TPSA) is 120 Å². The summed E-state index contributed by atoms with van der Waals surface area (Å²) in [6.07, 6.45) is 3.31. The zero-order valence-corrected chi connectivity index (χ0v) is 18.2. The van der Waals surface area contributed by atoms with Gasteiger partial charge < -0.3 is 18.8 Å². The number of rotatable bonds is 13. The van der Waals surface area contributed by atoms with E-state index in [1.165, 1.54) is 24.7 Å². The SMILES string of the molecule is CCN(C)CCN(CCCN(C)Cc1occc(=O)c1O)Cc1occc(=O)c1N=O. The molecule has 0 atom stereocenters. The standard InChI is InChI=1S/C21H30N4O6/c1-4-23(2)10-11-25(15-18-20(22-29)16(26)6-12-30-18)9-5-8-24(3)14-19-21(28)17(27)7-13-31-19/h6-7,12-13,28H,4-5,8-11,14-15H2,1-3H3. The molecule has 0 aliphatic heterocycles. The van der Waals surface area contributed by atoms with Crippen LogP contribution in [0.25, 0.3) is 0 Å². The van der Waals surface area contributed by atoms with E-state index in [1.54, 1.807) is 0 Å². The summed E-state index contributed by atoms with van der Waals surface area (Å²) in [7, 11) is 3.89. The molecule has 0 radical (unpaired) electrons. The molecule has 2 aromatic rings. The van der Waals surface area contributed by atoms with E-state index in [9.17, 15) is 19.6 Å². The predicted octanol–water partition coefficient (Wildman–Crippen LogP) is 1.97. The third kappa shape index (κ3) is 7.42. The van der Waals surface area contributed by atoms with Gasteiger partial charge in [-0.15, -0.1) is 4.91 Å². The van der Waals surface area contributed by atoms with Gasteiger partial charge in [0.2, 0.25) is 16.6 Å². The van der Waals surface area contributed by atoms with Crippen molar-refractivity contribution in [2.75, 3.05) is 46.8 Å². The summed E-state index contributed by atoms with van der Waals surface area (Å²) in [4.78, 5) is 40.7. The lowest BCUT2D eigenvalue weighted by Crippen LogP contribution is -2.35. The molecule has 10 heteroatoms. The monoisotopic (exact) mass is 434 g/mol. The third-order valence-electron chi connectivity index (χ3n) is 5.08. The Bertz CT molecular complexity index is 957. The molecule has 0 saturated carbocycles. The first kappa shape index (κ1) is 24.4. The number of nitrogens with zero attached hydrogens (tertiary/aromatic N) is 4. The van der Waals surface area contributed by atoms with Crippen LogP contribution in [0.3, 0.4) is 0 Å². The van der Waals surface area contributed by atoms with Gasteiger partial charge in [0.1, 0.15) is 0 Å². The highest BCUT2D eigenvalue weighted by atomic mass is 16.4. The Kier molecular flexibility index (Phi) is 9.57. The van der Waals surface area contributed by atoms with Gasteiger partial charge in [-0.25, -0.2) is 0 Å². The minimum absolute atomic E-state index is 0.192. The van der Waals surface area contributed by atoms with Gasteiger partial charge in [0.05, 0.1) is 25.6 Å². The normalized spacial score (nSPS) is 11.5. The molecule has 0 bridgehead atoms. The Labute approximate surface area is 180 Å². The molecular formula is C21H30N4O6. The first-order valence-electron chi connectivity index (χ1n) is 10.2. The van der Waals surface area contributed by atoms with Gasteiger partial charge in [-0.3, -0.25) is 19.4 Å². The van der Waals surface area contributed by atoms with E-state index in [4.69, 9.17) is 8.83 Å². The average molecular weight is 434 g/mol. The van der Waals surface area contributed by atoms with Crippen LogP contribution >= 0.6 is 0 Å². The molecule has 1 N–H and O–H groups in total. The zero-order valence-electron chi connectivity index (χ0n) is 18.2. The van der Waals surface area contributed by atoms with E-state index in [0.717, 1.165) is 26.1 Å². The van der Waals surface area contributed by atoms with Gasteiger partial charge in [0, 0.05) is 25.2 Å². The number of aromatic hydroxyl groups is 1. The molecule has 0 aromatic carbocycles. The summed E-state index contributed by atoms with van der Waals surface area (Å²) < 4.78 is 10.6. The first-order valence-corrected chi connectivity index (χ1v) is 10.2. The summed E-state index contributed by atoms with van der Waals surface area (Å²) >= 11 is 0. The quantitative estimate of drug-likeness (QED) is 0.472. The molecule has 0 aliphatic rings. The lowest BCUT2D eigenvalue weighted by atomic mass is 10.2. The highest BCUT2D eigenvalue weighted by Gasteiger charge is 2.16. The van der Waals surface area contributed by atoms with Crippen LogP contribution < -0.4 is 10.9 Å². The number of nitroso groups, excluding NO2 is 1. The van der Waals surface area contributed by atoms with Crippen molar-refractivity contribution in [2.45, 2.75) is 26.4 Å².